The zero-order valence-electron chi connectivity index (χ0n) is 10.8. The van der Waals surface area contributed by atoms with E-state index in [4.69, 9.17) is 11.6 Å². The number of hydrogen-bond acceptors (Lipinski definition) is 1. The lowest BCUT2D eigenvalue weighted by Crippen LogP contribution is -2.27. The van der Waals surface area contributed by atoms with E-state index in [1.807, 2.05) is 18.2 Å². The van der Waals surface area contributed by atoms with Crippen molar-refractivity contribution in [1.29, 1.82) is 0 Å². The highest BCUT2D eigenvalue weighted by Crippen LogP contribution is 2.30. The van der Waals surface area contributed by atoms with Gasteiger partial charge in [0.05, 0.1) is 0 Å². The maximum atomic E-state index is 5.98. The molecule has 0 aromatic heterocycles. The predicted octanol–water partition coefficient (Wildman–Crippen LogP) is 5.83. The fourth-order valence-electron chi connectivity index (χ4n) is 2.67. The third-order valence-corrected chi connectivity index (χ3v) is 5.07. The summed E-state index contributed by atoms with van der Waals surface area (Å²) in [5.74, 6) is 0. The maximum Gasteiger partial charge on any atom is 0.0487 e. The van der Waals surface area contributed by atoms with E-state index < -0.39 is 0 Å². The topological polar surface area (TPSA) is 12.0 Å². The van der Waals surface area contributed by atoms with E-state index in [2.05, 4.69) is 55.4 Å². The second kappa shape index (κ2) is 6.08. The molecule has 0 saturated carbocycles. The molecule has 1 unspecified atom stereocenters. The van der Waals surface area contributed by atoms with Gasteiger partial charge in [-0.05, 0) is 76.7 Å². The average molecular weight is 416 g/mol. The van der Waals surface area contributed by atoms with Crippen molar-refractivity contribution in [2.24, 2.45) is 0 Å². The van der Waals surface area contributed by atoms with Gasteiger partial charge >= 0.3 is 0 Å². The molecule has 104 valence electrons. The number of nitrogens with one attached hydrogen (secondary N) is 1. The van der Waals surface area contributed by atoms with Gasteiger partial charge in [-0.25, -0.2) is 0 Å². The van der Waals surface area contributed by atoms with Gasteiger partial charge in [0.1, 0.15) is 0 Å². The van der Waals surface area contributed by atoms with Crippen LogP contribution in [0, 0.1) is 0 Å². The fourth-order valence-corrected chi connectivity index (χ4v) is 3.88. The minimum absolute atomic E-state index is 0.473. The molecule has 20 heavy (non-hydrogen) atoms. The first-order chi connectivity index (χ1) is 9.61. The number of benzene rings is 2. The summed E-state index contributed by atoms with van der Waals surface area (Å²) in [4.78, 5) is 0. The molecule has 1 aliphatic rings. The highest BCUT2D eigenvalue weighted by molar-refractivity contribution is 9.10. The molecule has 1 atom stereocenters. The zero-order valence-corrected chi connectivity index (χ0v) is 14.7. The number of rotatable bonds is 2. The molecular formula is C16H14Br2ClN. The summed E-state index contributed by atoms with van der Waals surface area (Å²) in [6.07, 6.45) is 3.34. The van der Waals surface area contributed by atoms with Crippen molar-refractivity contribution in [3.8, 4) is 0 Å². The Kier molecular flexibility index (Phi) is 4.39. The maximum absolute atomic E-state index is 5.98. The lowest BCUT2D eigenvalue weighted by Gasteiger charge is -2.27. The fraction of sp³-hybridized carbons (Fsp3) is 0.250. The molecule has 0 spiro atoms. The first kappa shape index (κ1) is 14.4. The van der Waals surface area contributed by atoms with Crippen LogP contribution in [0.25, 0.3) is 0 Å². The minimum Gasteiger partial charge on any atom is -0.381 e. The van der Waals surface area contributed by atoms with Crippen molar-refractivity contribution in [1.82, 2.24) is 0 Å². The largest absolute Gasteiger partial charge is 0.381 e. The van der Waals surface area contributed by atoms with Crippen LogP contribution in [0.5, 0.6) is 0 Å². The molecule has 0 saturated heterocycles. The van der Waals surface area contributed by atoms with Crippen LogP contribution in [-0.2, 0) is 12.8 Å². The monoisotopic (exact) mass is 413 g/mol. The summed E-state index contributed by atoms with van der Waals surface area (Å²) >= 11 is 13.1. The van der Waals surface area contributed by atoms with Crippen molar-refractivity contribution in [2.45, 2.75) is 25.3 Å². The number of fused-ring (bicyclic) bond motifs is 1. The molecule has 2 aromatic rings. The lowest BCUT2D eigenvalue weighted by atomic mass is 9.88. The zero-order chi connectivity index (χ0) is 14.1. The molecule has 0 fully saturated rings. The van der Waals surface area contributed by atoms with Crippen molar-refractivity contribution in [3.05, 3.63) is 61.5 Å². The minimum atomic E-state index is 0.473. The third-order valence-electron chi connectivity index (χ3n) is 3.69. The van der Waals surface area contributed by atoms with Crippen LogP contribution in [0.3, 0.4) is 0 Å². The number of anilines is 1. The summed E-state index contributed by atoms with van der Waals surface area (Å²) < 4.78 is 2.19. The van der Waals surface area contributed by atoms with E-state index in [1.165, 1.54) is 15.6 Å². The first-order valence-corrected chi connectivity index (χ1v) is 8.57. The molecule has 2 aromatic carbocycles. The number of halogens is 3. The average Bonchev–Trinajstić information content (AvgIpc) is 2.42. The van der Waals surface area contributed by atoms with Crippen LogP contribution >= 0.6 is 43.5 Å². The third kappa shape index (κ3) is 3.21. The van der Waals surface area contributed by atoms with Gasteiger partial charge < -0.3 is 5.32 Å². The van der Waals surface area contributed by atoms with Crippen LogP contribution in [-0.4, -0.2) is 6.04 Å². The van der Waals surface area contributed by atoms with Crippen LogP contribution in [0.1, 0.15) is 17.5 Å². The number of aryl methyl sites for hydroxylation is 1. The summed E-state index contributed by atoms with van der Waals surface area (Å²) in [5.41, 5.74) is 4.02. The molecule has 1 nitrogen and oxygen atoms in total. The van der Waals surface area contributed by atoms with Crippen molar-refractivity contribution in [3.63, 3.8) is 0 Å². The Morgan fingerprint density at radius 2 is 1.90 bits per heavy atom. The Morgan fingerprint density at radius 1 is 1.05 bits per heavy atom. The molecule has 4 heteroatoms. The van der Waals surface area contributed by atoms with Gasteiger partial charge in [-0.1, -0.05) is 33.6 Å². The molecule has 0 radical (unpaired) electrons. The molecule has 0 amide bonds. The van der Waals surface area contributed by atoms with E-state index in [0.29, 0.717) is 6.04 Å². The SMILES string of the molecule is Clc1ccc(NC2CCc3cc(Br)ccc3C2)c(Br)c1. The molecule has 3 rings (SSSR count). The second-order valence-electron chi connectivity index (χ2n) is 5.12. The highest BCUT2D eigenvalue weighted by atomic mass is 79.9. The Bertz CT molecular complexity index is 642. The molecule has 0 heterocycles. The van der Waals surface area contributed by atoms with Gasteiger partial charge in [-0.15, -0.1) is 0 Å². The number of hydrogen-bond donors (Lipinski definition) is 1. The quantitative estimate of drug-likeness (QED) is 0.650. The summed E-state index contributed by atoms with van der Waals surface area (Å²) in [6.45, 7) is 0. The molecule has 0 bridgehead atoms. The van der Waals surface area contributed by atoms with Crippen LogP contribution < -0.4 is 5.32 Å². The van der Waals surface area contributed by atoms with Crippen molar-refractivity contribution >= 4 is 49.1 Å². The van der Waals surface area contributed by atoms with Crippen LogP contribution in [0.2, 0.25) is 5.02 Å². The normalized spacial score (nSPS) is 17.6. The summed E-state index contributed by atoms with van der Waals surface area (Å²) in [5, 5.41) is 4.37. The Hall–Kier alpha value is -0.510. The van der Waals surface area contributed by atoms with E-state index >= 15 is 0 Å². The Morgan fingerprint density at radius 3 is 2.70 bits per heavy atom. The smallest absolute Gasteiger partial charge is 0.0487 e. The van der Waals surface area contributed by atoms with Gasteiger partial charge in [0.25, 0.3) is 0 Å². The van der Waals surface area contributed by atoms with Crippen molar-refractivity contribution < 1.29 is 0 Å². The second-order valence-corrected chi connectivity index (χ2v) is 7.33. The van der Waals surface area contributed by atoms with Crippen LogP contribution in [0.4, 0.5) is 5.69 Å². The van der Waals surface area contributed by atoms with E-state index in [9.17, 15) is 0 Å². The lowest BCUT2D eigenvalue weighted by molar-refractivity contribution is 0.610. The van der Waals surface area contributed by atoms with E-state index in [0.717, 1.165) is 34.4 Å². The molecule has 0 aliphatic heterocycles. The predicted molar refractivity (Wildman–Crippen MR) is 92.7 cm³/mol. The van der Waals surface area contributed by atoms with Gasteiger partial charge in [-0.3, -0.25) is 0 Å². The standard InChI is InChI=1S/C16H14Br2ClN/c17-12-3-1-11-8-14(5-2-10(11)7-12)20-16-6-4-13(19)9-15(16)18/h1,3-4,6-7,9,14,20H,2,5,8H2. The van der Waals surface area contributed by atoms with Gasteiger partial charge in [-0.2, -0.15) is 0 Å². The van der Waals surface area contributed by atoms with Crippen LogP contribution in [0.15, 0.2) is 45.3 Å². The van der Waals surface area contributed by atoms with Crippen molar-refractivity contribution in [2.75, 3.05) is 5.32 Å². The Balaban J connectivity index is 1.75. The first-order valence-electron chi connectivity index (χ1n) is 6.61. The van der Waals surface area contributed by atoms with E-state index in [1.54, 1.807) is 0 Å². The van der Waals surface area contributed by atoms with E-state index in [-0.39, 0.29) is 0 Å². The van der Waals surface area contributed by atoms with Gasteiger partial charge in [0, 0.05) is 25.7 Å². The summed E-state index contributed by atoms with van der Waals surface area (Å²) in [7, 11) is 0. The van der Waals surface area contributed by atoms with Gasteiger partial charge in [0.15, 0.2) is 0 Å². The Labute approximate surface area is 141 Å². The molecular weight excluding hydrogens is 401 g/mol. The summed E-state index contributed by atoms with van der Waals surface area (Å²) in [6, 6.07) is 12.9. The highest BCUT2D eigenvalue weighted by Gasteiger charge is 2.19. The molecule has 1 aliphatic carbocycles. The molecule has 1 N–H and O–H groups in total. The van der Waals surface area contributed by atoms with Gasteiger partial charge in [0.2, 0.25) is 0 Å².